The van der Waals surface area contributed by atoms with E-state index in [9.17, 15) is 4.79 Å². The third kappa shape index (κ3) is 3.48. The van der Waals surface area contributed by atoms with E-state index in [1.165, 1.54) is 0 Å². The Labute approximate surface area is 140 Å². The summed E-state index contributed by atoms with van der Waals surface area (Å²) in [6.07, 6.45) is 2.92. The number of thiazole rings is 1. The average molecular weight is 333 g/mol. The SMILES string of the molecule is CC(C)Cc1nc(C(=O)N2CCOCC2c2cccn2C)cs1. The highest BCUT2D eigenvalue weighted by Gasteiger charge is 2.31. The van der Waals surface area contributed by atoms with Gasteiger partial charge < -0.3 is 14.2 Å². The molecule has 0 aliphatic carbocycles. The van der Waals surface area contributed by atoms with Gasteiger partial charge in [-0.15, -0.1) is 11.3 Å². The van der Waals surface area contributed by atoms with Crippen LogP contribution in [-0.2, 0) is 18.2 Å². The lowest BCUT2D eigenvalue weighted by Gasteiger charge is -2.35. The molecule has 0 bridgehead atoms. The number of ether oxygens (including phenoxy) is 1. The van der Waals surface area contributed by atoms with Gasteiger partial charge in [-0.2, -0.15) is 0 Å². The summed E-state index contributed by atoms with van der Waals surface area (Å²) in [5.74, 6) is 0.550. The van der Waals surface area contributed by atoms with Crippen molar-refractivity contribution < 1.29 is 9.53 Å². The Morgan fingerprint density at radius 3 is 3.04 bits per heavy atom. The minimum Gasteiger partial charge on any atom is -0.377 e. The molecule has 23 heavy (non-hydrogen) atoms. The van der Waals surface area contributed by atoms with Crippen LogP contribution in [-0.4, -0.2) is 40.1 Å². The fourth-order valence-electron chi connectivity index (χ4n) is 2.91. The molecular weight excluding hydrogens is 310 g/mol. The third-order valence-corrected chi connectivity index (χ3v) is 4.94. The molecule has 2 aromatic rings. The summed E-state index contributed by atoms with van der Waals surface area (Å²) >= 11 is 1.58. The van der Waals surface area contributed by atoms with Gasteiger partial charge in [0.15, 0.2) is 0 Å². The van der Waals surface area contributed by atoms with Gasteiger partial charge in [-0.1, -0.05) is 13.8 Å². The molecule has 0 radical (unpaired) electrons. The van der Waals surface area contributed by atoms with Gasteiger partial charge >= 0.3 is 0 Å². The highest BCUT2D eigenvalue weighted by atomic mass is 32.1. The topological polar surface area (TPSA) is 47.4 Å². The first kappa shape index (κ1) is 16.2. The first-order chi connectivity index (χ1) is 11.1. The summed E-state index contributed by atoms with van der Waals surface area (Å²) in [6.45, 7) is 6.04. The van der Waals surface area contributed by atoms with Crippen LogP contribution in [0.25, 0.3) is 0 Å². The maximum Gasteiger partial charge on any atom is 0.274 e. The molecule has 1 aliphatic heterocycles. The van der Waals surface area contributed by atoms with E-state index in [0.29, 0.717) is 31.4 Å². The van der Waals surface area contributed by atoms with E-state index in [1.807, 2.05) is 40.2 Å². The number of hydrogen-bond acceptors (Lipinski definition) is 4. The van der Waals surface area contributed by atoms with E-state index in [1.54, 1.807) is 11.3 Å². The Kier molecular flexibility index (Phi) is 4.82. The quantitative estimate of drug-likeness (QED) is 0.864. The summed E-state index contributed by atoms with van der Waals surface area (Å²) in [5.41, 5.74) is 1.66. The van der Waals surface area contributed by atoms with E-state index >= 15 is 0 Å². The smallest absolute Gasteiger partial charge is 0.274 e. The lowest BCUT2D eigenvalue weighted by molar-refractivity contribution is -0.00490. The Bertz CT molecular complexity index is 677. The number of carbonyl (C=O) groups is 1. The molecule has 124 valence electrons. The largest absolute Gasteiger partial charge is 0.377 e. The molecule has 2 aromatic heterocycles. The van der Waals surface area contributed by atoms with Gasteiger partial charge in [0, 0.05) is 37.3 Å². The monoisotopic (exact) mass is 333 g/mol. The number of nitrogens with zero attached hydrogens (tertiary/aromatic N) is 3. The minimum absolute atomic E-state index is 0.00533. The first-order valence-corrected chi connectivity index (χ1v) is 8.88. The van der Waals surface area contributed by atoms with Crippen molar-refractivity contribution in [3.05, 3.63) is 40.1 Å². The zero-order valence-corrected chi connectivity index (χ0v) is 14.7. The predicted octanol–water partition coefficient (Wildman–Crippen LogP) is 2.89. The van der Waals surface area contributed by atoms with E-state index in [4.69, 9.17) is 4.74 Å². The fourth-order valence-corrected chi connectivity index (χ4v) is 3.89. The van der Waals surface area contributed by atoms with Crippen LogP contribution in [0.3, 0.4) is 0 Å². The standard InChI is InChI=1S/C17H23N3O2S/c1-12(2)9-16-18-13(11-23-16)17(21)20-7-8-22-10-15(20)14-5-4-6-19(14)3/h4-6,11-12,15H,7-10H2,1-3H3. The molecule has 3 heterocycles. The number of rotatable bonds is 4. The molecule has 0 spiro atoms. The van der Waals surface area contributed by atoms with Crippen molar-refractivity contribution in [1.82, 2.24) is 14.5 Å². The zero-order chi connectivity index (χ0) is 16.4. The summed E-state index contributed by atoms with van der Waals surface area (Å²) < 4.78 is 7.66. The molecule has 1 fully saturated rings. The lowest BCUT2D eigenvalue weighted by atomic mass is 10.1. The molecule has 5 nitrogen and oxygen atoms in total. The van der Waals surface area contributed by atoms with Crippen LogP contribution in [0.15, 0.2) is 23.7 Å². The van der Waals surface area contributed by atoms with Crippen molar-refractivity contribution in [2.45, 2.75) is 26.3 Å². The molecule has 3 rings (SSSR count). The summed E-state index contributed by atoms with van der Waals surface area (Å²) in [4.78, 5) is 19.4. The third-order valence-electron chi connectivity index (χ3n) is 4.07. The number of amides is 1. The molecule has 1 saturated heterocycles. The van der Waals surface area contributed by atoms with Crippen LogP contribution in [0.4, 0.5) is 0 Å². The van der Waals surface area contributed by atoms with E-state index in [2.05, 4.69) is 18.8 Å². The molecule has 1 aliphatic rings. The normalized spacial score (nSPS) is 18.6. The summed E-state index contributed by atoms with van der Waals surface area (Å²) in [6, 6.07) is 3.99. The molecule has 1 unspecified atom stereocenters. The van der Waals surface area contributed by atoms with Crippen LogP contribution in [0.1, 0.15) is 41.1 Å². The van der Waals surface area contributed by atoms with Gasteiger partial charge in [-0.3, -0.25) is 4.79 Å². The van der Waals surface area contributed by atoms with Crippen molar-refractivity contribution in [3.8, 4) is 0 Å². The van der Waals surface area contributed by atoms with Gasteiger partial charge in [0.2, 0.25) is 0 Å². The van der Waals surface area contributed by atoms with Crippen LogP contribution >= 0.6 is 11.3 Å². The van der Waals surface area contributed by atoms with Gasteiger partial charge in [0.1, 0.15) is 5.69 Å². The molecule has 0 aromatic carbocycles. The van der Waals surface area contributed by atoms with Crippen molar-refractivity contribution in [3.63, 3.8) is 0 Å². The minimum atomic E-state index is -0.0495. The highest BCUT2D eigenvalue weighted by Crippen LogP contribution is 2.26. The van der Waals surface area contributed by atoms with Crippen LogP contribution in [0, 0.1) is 5.92 Å². The van der Waals surface area contributed by atoms with Crippen molar-refractivity contribution >= 4 is 17.2 Å². The highest BCUT2D eigenvalue weighted by molar-refractivity contribution is 7.09. The Balaban J connectivity index is 1.81. The van der Waals surface area contributed by atoms with E-state index in [0.717, 1.165) is 17.1 Å². The molecule has 1 amide bonds. The predicted molar refractivity (Wildman–Crippen MR) is 90.7 cm³/mol. The second-order valence-corrected chi connectivity index (χ2v) is 7.30. The Hall–Kier alpha value is -1.66. The maximum atomic E-state index is 12.9. The van der Waals surface area contributed by atoms with Crippen LogP contribution in [0.5, 0.6) is 0 Å². The van der Waals surface area contributed by atoms with Crippen LogP contribution < -0.4 is 0 Å². The molecule has 1 atom stereocenters. The Morgan fingerprint density at radius 2 is 2.35 bits per heavy atom. The van der Waals surface area contributed by atoms with Crippen LogP contribution in [0.2, 0.25) is 0 Å². The van der Waals surface area contributed by atoms with Crippen molar-refractivity contribution in [2.24, 2.45) is 13.0 Å². The fraction of sp³-hybridized carbons (Fsp3) is 0.529. The summed E-state index contributed by atoms with van der Waals surface area (Å²) in [7, 11) is 2.00. The van der Waals surface area contributed by atoms with Crippen molar-refractivity contribution in [1.29, 1.82) is 0 Å². The number of hydrogen-bond donors (Lipinski definition) is 0. The average Bonchev–Trinajstić information content (AvgIpc) is 3.15. The maximum absolute atomic E-state index is 12.9. The van der Waals surface area contributed by atoms with E-state index in [-0.39, 0.29) is 11.9 Å². The number of morpholine rings is 1. The molecule has 0 saturated carbocycles. The first-order valence-electron chi connectivity index (χ1n) is 8.00. The molecule has 6 heteroatoms. The number of aromatic nitrogens is 2. The Morgan fingerprint density at radius 1 is 1.52 bits per heavy atom. The van der Waals surface area contributed by atoms with Gasteiger partial charge in [-0.25, -0.2) is 4.98 Å². The van der Waals surface area contributed by atoms with Gasteiger partial charge in [0.05, 0.1) is 24.3 Å². The second kappa shape index (κ2) is 6.84. The van der Waals surface area contributed by atoms with Gasteiger partial charge in [-0.05, 0) is 18.1 Å². The number of aryl methyl sites for hydroxylation is 1. The van der Waals surface area contributed by atoms with Crippen molar-refractivity contribution in [2.75, 3.05) is 19.8 Å². The summed E-state index contributed by atoms with van der Waals surface area (Å²) in [5, 5.41) is 2.92. The number of carbonyl (C=O) groups excluding carboxylic acids is 1. The molecule has 0 N–H and O–H groups in total. The lowest BCUT2D eigenvalue weighted by Crippen LogP contribution is -2.44. The molecular formula is C17H23N3O2S. The zero-order valence-electron chi connectivity index (χ0n) is 13.9. The van der Waals surface area contributed by atoms with E-state index < -0.39 is 0 Å². The second-order valence-electron chi connectivity index (χ2n) is 6.36. The van der Waals surface area contributed by atoms with Gasteiger partial charge in [0.25, 0.3) is 5.91 Å².